The van der Waals surface area contributed by atoms with Gasteiger partial charge in [-0.15, -0.1) is 0 Å². The average molecular weight is 374 g/mol. The third-order valence-electron chi connectivity index (χ3n) is 4.07. The number of aryl methyl sites for hydroxylation is 1. The van der Waals surface area contributed by atoms with Gasteiger partial charge in [0.2, 0.25) is 0 Å². The number of carbonyl (C=O) groups is 2. The second-order valence-corrected chi connectivity index (χ2v) is 7.59. The third kappa shape index (κ3) is 3.41. The SMILES string of the molecule is CC[C@@H]1Oc2ccc(S(=O)(=O)NC(=O)c3ccccc3C)cc2NC1=O. The molecule has 2 aromatic rings. The van der Waals surface area contributed by atoms with E-state index < -0.39 is 22.0 Å². The molecule has 1 heterocycles. The zero-order chi connectivity index (χ0) is 18.9. The zero-order valence-electron chi connectivity index (χ0n) is 14.3. The number of sulfonamides is 1. The molecule has 0 radical (unpaired) electrons. The number of amides is 2. The molecule has 0 saturated heterocycles. The monoisotopic (exact) mass is 374 g/mol. The van der Waals surface area contributed by atoms with Gasteiger partial charge < -0.3 is 10.1 Å². The van der Waals surface area contributed by atoms with Gasteiger partial charge in [0, 0.05) is 5.56 Å². The second-order valence-electron chi connectivity index (χ2n) is 5.91. The quantitative estimate of drug-likeness (QED) is 0.854. The summed E-state index contributed by atoms with van der Waals surface area (Å²) in [6, 6.07) is 10.7. The van der Waals surface area contributed by atoms with Gasteiger partial charge in [-0.25, -0.2) is 13.1 Å². The van der Waals surface area contributed by atoms with Crippen LogP contribution in [0.15, 0.2) is 47.4 Å². The van der Waals surface area contributed by atoms with Crippen LogP contribution in [0.5, 0.6) is 5.75 Å². The molecule has 3 rings (SSSR count). The van der Waals surface area contributed by atoms with E-state index in [9.17, 15) is 18.0 Å². The summed E-state index contributed by atoms with van der Waals surface area (Å²) in [5, 5.41) is 2.63. The molecule has 2 amide bonds. The fourth-order valence-corrected chi connectivity index (χ4v) is 3.62. The fourth-order valence-electron chi connectivity index (χ4n) is 2.63. The van der Waals surface area contributed by atoms with Crippen LogP contribution in [0.3, 0.4) is 0 Å². The van der Waals surface area contributed by atoms with Gasteiger partial charge in [0.05, 0.1) is 10.6 Å². The van der Waals surface area contributed by atoms with Crippen LogP contribution in [-0.4, -0.2) is 26.3 Å². The van der Waals surface area contributed by atoms with Crippen molar-refractivity contribution in [2.75, 3.05) is 5.32 Å². The summed E-state index contributed by atoms with van der Waals surface area (Å²) in [5.41, 5.74) is 1.19. The molecule has 1 aliphatic rings. The van der Waals surface area contributed by atoms with Crippen molar-refractivity contribution >= 4 is 27.5 Å². The van der Waals surface area contributed by atoms with Crippen LogP contribution < -0.4 is 14.8 Å². The largest absolute Gasteiger partial charge is 0.478 e. The van der Waals surface area contributed by atoms with Crippen molar-refractivity contribution < 1.29 is 22.7 Å². The highest BCUT2D eigenvalue weighted by Gasteiger charge is 2.28. The Labute approximate surface area is 151 Å². The third-order valence-corrected chi connectivity index (χ3v) is 5.40. The Hall–Kier alpha value is -2.87. The van der Waals surface area contributed by atoms with Crippen molar-refractivity contribution in [1.82, 2.24) is 4.72 Å². The first-order valence-corrected chi connectivity index (χ1v) is 9.54. The lowest BCUT2D eigenvalue weighted by atomic mass is 10.1. The predicted molar refractivity (Wildman–Crippen MR) is 95.6 cm³/mol. The Kier molecular flexibility index (Phi) is 4.69. The molecule has 1 atom stereocenters. The van der Waals surface area contributed by atoms with Crippen LogP contribution >= 0.6 is 0 Å². The van der Waals surface area contributed by atoms with Crippen molar-refractivity contribution in [3.63, 3.8) is 0 Å². The lowest BCUT2D eigenvalue weighted by Gasteiger charge is -2.25. The first-order chi connectivity index (χ1) is 12.3. The van der Waals surface area contributed by atoms with E-state index in [1.165, 1.54) is 18.2 Å². The molecule has 8 heteroatoms. The van der Waals surface area contributed by atoms with Gasteiger partial charge >= 0.3 is 0 Å². The molecule has 7 nitrogen and oxygen atoms in total. The van der Waals surface area contributed by atoms with Gasteiger partial charge in [-0.1, -0.05) is 25.1 Å². The summed E-state index contributed by atoms with van der Waals surface area (Å²) >= 11 is 0. The molecule has 0 unspecified atom stereocenters. The summed E-state index contributed by atoms with van der Waals surface area (Å²) in [6.07, 6.45) is -0.108. The van der Waals surface area contributed by atoms with Crippen LogP contribution in [-0.2, 0) is 14.8 Å². The summed E-state index contributed by atoms with van der Waals surface area (Å²) in [6.45, 7) is 3.53. The predicted octanol–water partition coefficient (Wildman–Crippen LogP) is 2.22. The molecule has 0 saturated carbocycles. The van der Waals surface area contributed by atoms with Crippen LogP contribution in [0.4, 0.5) is 5.69 Å². The van der Waals surface area contributed by atoms with Gasteiger partial charge in [-0.05, 0) is 43.2 Å². The number of rotatable bonds is 4. The molecule has 0 aromatic heterocycles. The highest BCUT2D eigenvalue weighted by atomic mass is 32.2. The van der Waals surface area contributed by atoms with E-state index >= 15 is 0 Å². The molecule has 0 spiro atoms. The Morgan fingerprint density at radius 2 is 1.96 bits per heavy atom. The summed E-state index contributed by atoms with van der Waals surface area (Å²) < 4.78 is 32.6. The molecular weight excluding hydrogens is 356 g/mol. The van der Waals surface area contributed by atoms with Crippen molar-refractivity contribution in [3.8, 4) is 5.75 Å². The van der Waals surface area contributed by atoms with E-state index in [0.717, 1.165) is 0 Å². The Bertz CT molecular complexity index is 985. The molecule has 2 aromatic carbocycles. The molecule has 26 heavy (non-hydrogen) atoms. The molecular formula is C18H18N2O5S. The number of ether oxygens (including phenoxy) is 1. The fraction of sp³-hybridized carbons (Fsp3) is 0.222. The van der Waals surface area contributed by atoms with Gasteiger partial charge in [-0.2, -0.15) is 0 Å². The molecule has 0 fully saturated rings. The number of nitrogens with one attached hydrogen (secondary N) is 2. The zero-order valence-corrected chi connectivity index (χ0v) is 15.1. The molecule has 1 aliphatic heterocycles. The highest BCUT2D eigenvalue weighted by molar-refractivity contribution is 7.90. The Morgan fingerprint density at radius 1 is 1.23 bits per heavy atom. The summed E-state index contributed by atoms with van der Waals surface area (Å²) in [5.74, 6) is -0.661. The smallest absolute Gasteiger partial charge is 0.265 e. The molecule has 0 bridgehead atoms. The van der Waals surface area contributed by atoms with Gasteiger partial charge in [0.15, 0.2) is 6.10 Å². The number of anilines is 1. The minimum atomic E-state index is -4.10. The van der Waals surface area contributed by atoms with E-state index in [4.69, 9.17) is 4.74 Å². The Morgan fingerprint density at radius 3 is 2.65 bits per heavy atom. The minimum Gasteiger partial charge on any atom is -0.478 e. The van der Waals surface area contributed by atoms with Crippen molar-refractivity contribution in [2.45, 2.75) is 31.3 Å². The highest BCUT2D eigenvalue weighted by Crippen LogP contribution is 2.32. The number of carbonyl (C=O) groups excluding carboxylic acids is 2. The Balaban J connectivity index is 1.87. The number of hydrogen-bond acceptors (Lipinski definition) is 5. The van der Waals surface area contributed by atoms with Crippen molar-refractivity contribution in [2.24, 2.45) is 0 Å². The lowest BCUT2D eigenvalue weighted by Crippen LogP contribution is -2.36. The van der Waals surface area contributed by atoms with E-state index in [1.807, 2.05) is 11.6 Å². The molecule has 136 valence electrons. The standard InChI is InChI=1S/C18H18N2O5S/c1-3-15-18(22)19-14-10-12(8-9-16(14)25-15)26(23,24)20-17(21)13-7-5-4-6-11(13)2/h4-10,15H,3H2,1-2H3,(H,19,22)(H,20,21)/t15-/m0/s1. The maximum Gasteiger partial charge on any atom is 0.265 e. The van der Waals surface area contributed by atoms with Crippen molar-refractivity contribution in [3.05, 3.63) is 53.6 Å². The van der Waals surface area contributed by atoms with Gasteiger partial charge in [0.25, 0.3) is 21.8 Å². The van der Waals surface area contributed by atoms with E-state index in [1.54, 1.807) is 31.2 Å². The summed E-state index contributed by atoms with van der Waals surface area (Å²) in [7, 11) is -4.10. The number of fused-ring (bicyclic) bond motifs is 1. The second kappa shape index (κ2) is 6.80. The van der Waals surface area contributed by atoms with Crippen LogP contribution in [0.25, 0.3) is 0 Å². The number of hydrogen-bond donors (Lipinski definition) is 2. The van der Waals surface area contributed by atoms with E-state index in [-0.39, 0.29) is 22.1 Å². The minimum absolute atomic E-state index is 0.142. The van der Waals surface area contributed by atoms with Crippen LogP contribution in [0.1, 0.15) is 29.3 Å². The lowest BCUT2D eigenvalue weighted by molar-refractivity contribution is -0.123. The van der Waals surface area contributed by atoms with Gasteiger partial charge in [0.1, 0.15) is 5.75 Å². The van der Waals surface area contributed by atoms with Crippen LogP contribution in [0, 0.1) is 6.92 Å². The average Bonchev–Trinajstić information content (AvgIpc) is 2.60. The normalized spacial score (nSPS) is 16.2. The van der Waals surface area contributed by atoms with Gasteiger partial charge in [-0.3, -0.25) is 9.59 Å². The van der Waals surface area contributed by atoms with Crippen LogP contribution in [0.2, 0.25) is 0 Å². The van der Waals surface area contributed by atoms with E-state index in [2.05, 4.69) is 5.32 Å². The first kappa shape index (κ1) is 17.9. The maximum absolute atomic E-state index is 12.5. The molecule has 0 aliphatic carbocycles. The summed E-state index contributed by atoms with van der Waals surface area (Å²) in [4.78, 5) is 24.0. The topological polar surface area (TPSA) is 102 Å². The molecule has 2 N–H and O–H groups in total. The number of benzene rings is 2. The first-order valence-electron chi connectivity index (χ1n) is 8.06. The maximum atomic E-state index is 12.5. The van der Waals surface area contributed by atoms with E-state index in [0.29, 0.717) is 17.7 Å². The van der Waals surface area contributed by atoms with Crippen molar-refractivity contribution in [1.29, 1.82) is 0 Å².